The van der Waals surface area contributed by atoms with E-state index in [2.05, 4.69) is 202 Å². The van der Waals surface area contributed by atoms with E-state index in [1.54, 1.807) is 0 Å². The Bertz CT molecular complexity index is 2690. The molecule has 0 radical (unpaired) electrons. The second-order valence-electron chi connectivity index (χ2n) is 14.7. The Balaban J connectivity index is 1.44. The SMILES string of the molecule is CC(C)c1cc(-c2ccccc2)cc(C(C)C)c1-n1c(-c2ccc3c4ccccc4c4ccccc4c3c2)nc(-c2ccccc2)c1-c1ccccc1. The summed E-state index contributed by atoms with van der Waals surface area (Å²) in [5, 5.41) is 7.57. The number of rotatable bonds is 7. The fraction of sp³-hybridized carbons (Fsp3) is 0.118. The lowest BCUT2D eigenvalue weighted by Crippen LogP contribution is -2.10. The quantitative estimate of drug-likeness (QED) is 0.153. The van der Waals surface area contributed by atoms with Gasteiger partial charge in [-0.2, -0.15) is 0 Å². The number of benzene rings is 8. The summed E-state index contributed by atoms with van der Waals surface area (Å²) >= 11 is 0. The number of nitrogens with zero attached hydrogens (tertiary/aromatic N) is 2. The van der Waals surface area contributed by atoms with Crippen LogP contribution in [0.1, 0.15) is 50.7 Å². The summed E-state index contributed by atoms with van der Waals surface area (Å²) in [6, 6.07) is 61.8. The molecule has 256 valence electrons. The van der Waals surface area contributed by atoms with Crippen molar-refractivity contribution in [3.05, 3.63) is 181 Å². The Morgan fingerprint density at radius 1 is 0.377 bits per heavy atom. The Hall–Kier alpha value is -6.25. The highest BCUT2D eigenvalue weighted by molar-refractivity contribution is 6.25. The molecule has 0 atom stereocenters. The molecule has 0 aliphatic heterocycles. The molecule has 0 unspecified atom stereocenters. The van der Waals surface area contributed by atoms with Crippen molar-refractivity contribution in [2.45, 2.75) is 39.5 Å². The standard InChI is InChI=1S/C51H42N2/c1-33(2)45-31-39(35-18-8-5-9-19-35)32-46(34(3)4)50(45)53-49(37-22-12-7-13-23-37)48(36-20-10-6-11-21-36)52-51(53)38-28-29-44-42-26-15-14-24-40(42)41-25-16-17-27-43(41)47(44)30-38/h5-34H,1-4H3. The van der Waals surface area contributed by atoms with Crippen molar-refractivity contribution in [1.82, 2.24) is 9.55 Å². The van der Waals surface area contributed by atoms with Crippen LogP contribution in [-0.4, -0.2) is 9.55 Å². The van der Waals surface area contributed by atoms with Gasteiger partial charge >= 0.3 is 0 Å². The van der Waals surface area contributed by atoms with Crippen LogP contribution in [0.3, 0.4) is 0 Å². The van der Waals surface area contributed by atoms with Crippen LogP contribution < -0.4 is 0 Å². The maximum absolute atomic E-state index is 5.70. The Labute approximate surface area is 312 Å². The third-order valence-corrected chi connectivity index (χ3v) is 10.7. The van der Waals surface area contributed by atoms with Crippen LogP contribution in [0, 0.1) is 0 Å². The summed E-state index contributed by atoms with van der Waals surface area (Å²) in [6.45, 7) is 9.29. The van der Waals surface area contributed by atoms with Crippen LogP contribution in [0.2, 0.25) is 0 Å². The number of hydrogen-bond acceptors (Lipinski definition) is 1. The van der Waals surface area contributed by atoms with Crippen LogP contribution in [-0.2, 0) is 0 Å². The van der Waals surface area contributed by atoms with Crippen LogP contribution in [0.25, 0.3) is 83.0 Å². The zero-order valence-electron chi connectivity index (χ0n) is 30.7. The predicted octanol–water partition coefficient (Wildman–Crippen LogP) is 14.2. The van der Waals surface area contributed by atoms with Gasteiger partial charge in [0.05, 0.1) is 17.1 Å². The van der Waals surface area contributed by atoms with Gasteiger partial charge in [-0.05, 0) is 84.6 Å². The fourth-order valence-electron chi connectivity index (χ4n) is 8.15. The molecule has 2 nitrogen and oxygen atoms in total. The monoisotopic (exact) mass is 682 g/mol. The molecule has 1 aromatic heterocycles. The lowest BCUT2D eigenvalue weighted by Gasteiger charge is -2.25. The lowest BCUT2D eigenvalue weighted by molar-refractivity contribution is 0.808. The van der Waals surface area contributed by atoms with Gasteiger partial charge in [0.15, 0.2) is 0 Å². The van der Waals surface area contributed by atoms with Crippen molar-refractivity contribution in [2.75, 3.05) is 0 Å². The molecule has 0 aliphatic rings. The number of aromatic nitrogens is 2. The minimum Gasteiger partial charge on any atom is -0.291 e. The van der Waals surface area contributed by atoms with Gasteiger partial charge in [0.2, 0.25) is 0 Å². The van der Waals surface area contributed by atoms with E-state index in [1.165, 1.54) is 60.3 Å². The largest absolute Gasteiger partial charge is 0.291 e. The summed E-state index contributed by atoms with van der Waals surface area (Å²) < 4.78 is 2.50. The number of hydrogen-bond donors (Lipinski definition) is 0. The van der Waals surface area contributed by atoms with E-state index in [9.17, 15) is 0 Å². The van der Waals surface area contributed by atoms with Gasteiger partial charge in [-0.25, -0.2) is 4.98 Å². The van der Waals surface area contributed by atoms with Gasteiger partial charge in [0.1, 0.15) is 5.82 Å². The normalized spacial score (nSPS) is 11.7. The predicted molar refractivity (Wildman–Crippen MR) is 226 cm³/mol. The van der Waals surface area contributed by atoms with E-state index in [0.717, 1.165) is 33.9 Å². The molecule has 1 heterocycles. The molecule has 0 fully saturated rings. The van der Waals surface area contributed by atoms with Gasteiger partial charge < -0.3 is 0 Å². The minimum absolute atomic E-state index is 0.261. The van der Waals surface area contributed by atoms with Crippen LogP contribution in [0.15, 0.2) is 170 Å². The molecule has 8 aromatic carbocycles. The summed E-state index contributed by atoms with van der Waals surface area (Å²) in [5.74, 6) is 1.47. The molecule has 0 saturated carbocycles. The molecule has 2 heteroatoms. The second kappa shape index (κ2) is 13.4. The van der Waals surface area contributed by atoms with Crippen molar-refractivity contribution in [1.29, 1.82) is 0 Å². The molecule has 0 aliphatic carbocycles. The molecule has 53 heavy (non-hydrogen) atoms. The Morgan fingerprint density at radius 2 is 0.811 bits per heavy atom. The summed E-state index contributed by atoms with van der Waals surface area (Å²) in [4.78, 5) is 5.70. The third-order valence-electron chi connectivity index (χ3n) is 10.7. The fourth-order valence-corrected chi connectivity index (χ4v) is 8.15. The van der Waals surface area contributed by atoms with Crippen molar-refractivity contribution in [2.24, 2.45) is 0 Å². The Kier molecular flexibility index (Phi) is 8.24. The molecule has 9 rings (SSSR count). The van der Waals surface area contributed by atoms with Gasteiger partial charge in [0.25, 0.3) is 0 Å². The first-order valence-corrected chi connectivity index (χ1v) is 18.8. The summed E-state index contributed by atoms with van der Waals surface area (Å²) in [7, 11) is 0. The van der Waals surface area contributed by atoms with Crippen molar-refractivity contribution >= 4 is 32.3 Å². The molecule has 0 saturated heterocycles. The van der Waals surface area contributed by atoms with Crippen molar-refractivity contribution < 1.29 is 0 Å². The summed E-state index contributed by atoms with van der Waals surface area (Å²) in [6.07, 6.45) is 0. The zero-order valence-corrected chi connectivity index (χ0v) is 30.7. The molecule has 0 bridgehead atoms. The lowest BCUT2D eigenvalue weighted by atomic mass is 9.87. The van der Waals surface area contributed by atoms with Crippen molar-refractivity contribution in [3.63, 3.8) is 0 Å². The number of imidazole rings is 1. The average Bonchev–Trinajstić information content (AvgIpc) is 3.61. The average molecular weight is 683 g/mol. The molecule has 0 N–H and O–H groups in total. The van der Waals surface area contributed by atoms with Crippen LogP contribution >= 0.6 is 0 Å². The molecule has 0 amide bonds. The smallest absolute Gasteiger partial charge is 0.145 e. The maximum Gasteiger partial charge on any atom is 0.145 e. The molecule has 9 aromatic rings. The van der Waals surface area contributed by atoms with E-state index >= 15 is 0 Å². The Morgan fingerprint density at radius 3 is 1.32 bits per heavy atom. The van der Waals surface area contributed by atoms with Gasteiger partial charge in [-0.15, -0.1) is 0 Å². The van der Waals surface area contributed by atoms with E-state index in [0.29, 0.717) is 0 Å². The highest BCUT2D eigenvalue weighted by Crippen LogP contribution is 2.45. The van der Waals surface area contributed by atoms with E-state index in [-0.39, 0.29) is 11.8 Å². The zero-order chi connectivity index (χ0) is 36.1. The van der Waals surface area contributed by atoms with Crippen molar-refractivity contribution in [3.8, 4) is 50.7 Å². The highest BCUT2D eigenvalue weighted by atomic mass is 15.1. The first-order valence-electron chi connectivity index (χ1n) is 18.8. The van der Waals surface area contributed by atoms with E-state index in [1.807, 2.05) is 0 Å². The molecular weight excluding hydrogens is 641 g/mol. The van der Waals surface area contributed by atoms with Crippen LogP contribution in [0.4, 0.5) is 0 Å². The van der Waals surface area contributed by atoms with E-state index in [4.69, 9.17) is 4.98 Å². The highest BCUT2D eigenvalue weighted by Gasteiger charge is 2.28. The number of fused-ring (bicyclic) bond motifs is 6. The maximum atomic E-state index is 5.70. The third kappa shape index (κ3) is 5.63. The first kappa shape index (κ1) is 32.6. The summed E-state index contributed by atoms with van der Waals surface area (Å²) in [5.41, 5.74) is 11.7. The second-order valence-corrected chi connectivity index (χ2v) is 14.7. The van der Waals surface area contributed by atoms with Gasteiger partial charge in [-0.1, -0.05) is 179 Å². The molecular formula is C51H42N2. The molecule has 0 spiro atoms. The van der Waals surface area contributed by atoms with Crippen LogP contribution in [0.5, 0.6) is 0 Å². The van der Waals surface area contributed by atoms with E-state index < -0.39 is 0 Å². The minimum atomic E-state index is 0.261. The van der Waals surface area contributed by atoms with Gasteiger partial charge in [0, 0.05) is 16.7 Å². The first-order chi connectivity index (χ1) is 26.0. The van der Waals surface area contributed by atoms with Gasteiger partial charge in [-0.3, -0.25) is 4.57 Å². The topological polar surface area (TPSA) is 17.8 Å².